The molecule has 2 rings (SSSR count). The van der Waals surface area contributed by atoms with Gasteiger partial charge in [-0.1, -0.05) is 23.7 Å². The summed E-state index contributed by atoms with van der Waals surface area (Å²) in [5.74, 6) is 0.298. The van der Waals surface area contributed by atoms with Gasteiger partial charge in [-0.3, -0.25) is 9.78 Å². The third kappa shape index (κ3) is 4.94. The Kier molecular flexibility index (Phi) is 6.17. The molecule has 24 heavy (non-hydrogen) atoms. The van der Waals surface area contributed by atoms with Crippen molar-refractivity contribution in [2.75, 3.05) is 13.2 Å². The third-order valence-corrected chi connectivity index (χ3v) is 3.67. The van der Waals surface area contributed by atoms with Crippen molar-refractivity contribution >= 4 is 17.5 Å². The van der Waals surface area contributed by atoms with Crippen molar-refractivity contribution in [1.82, 2.24) is 9.88 Å². The Morgan fingerprint density at radius 2 is 2.12 bits per heavy atom. The SMILES string of the molecule is CC(C)(Oc1cccc(Cl)c1)C(=O)N(CCO)Cc1cccnc1. The average molecular weight is 349 g/mol. The summed E-state index contributed by atoms with van der Waals surface area (Å²) >= 11 is 5.96. The van der Waals surface area contributed by atoms with Crippen molar-refractivity contribution in [3.8, 4) is 5.75 Å². The van der Waals surface area contributed by atoms with E-state index in [-0.39, 0.29) is 19.1 Å². The van der Waals surface area contributed by atoms with Gasteiger partial charge < -0.3 is 14.7 Å². The van der Waals surface area contributed by atoms with Gasteiger partial charge in [-0.05, 0) is 43.7 Å². The molecule has 0 saturated carbocycles. The normalized spacial score (nSPS) is 11.2. The fourth-order valence-electron chi connectivity index (χ4n) is 2.33. The Morgan fingerprint density at radius 1 is 1.33 bits per heavy atom. The topological polar surface area (TPSA) is 62.7 Å². The zero-order valence-electron chi connectivity index (χ0n) is 13.8. The number of hydrogen-bond donors (Lipinski definition) is 1. The molecule has 1 N–H and O–H groups in total. The molecule has 0 bridgehead atoms. The summed E-state index contributed by atoms with van der Waals surface area (Å²) in [6, 6.07) is 10.6. The first-order chi connectivity index (χ1) is 11.4. The first kappa shape index (κ1) is 18.2. The van der Waals surface area contributed by atoms with E-state index in [1.807, 2.05) is 12.1 Å². The molecule has 0 fully saturated rings. The molecule has 6 heteroatoms. The highest BCUT2D eigenvalue weighted by Gasteiger charge is 2.34. The monoisotopic (exact) mass is 348 g/mol. The van der Waals surface area contributed by atoms with Crippen LogP contribution in [0.1, 0.15) is 19.4 Å². The number of carbonyl (C=O) groups is 1. The molecule has 0 spiro atoms. The van der Waals surface area contributed by atoms with Gasteiger partial charge in [0.1, 0.15) is 5.75 Å². The Morgan fingerprint density at radius 3 is 2.75 bits per heavy atom. The van der Waals surface area contributed by atoms with E-state index in [1.165, 1.54) is 0 Å². The first-order valence-corrected chi connectivity index (χ1v) is 8.04. The molecule has 0 unspecified atom stereocenters. The number of benzene rings is 1. The van der Waals surface area contributed by atoms with Crippen LogP contribution >= 0.6 is 11.6 Å². The minimum absolute atomic E-state index is 0.126. The second-order valence-corrected chi connectivity index (χ2v) is 6.32. The number of aromatic nitrogens is 1. The molecule has 128 valence electrons. The second kappa shape index (κ2) is 8.13. The molecule has 2 aromatic rings. The lowest BCUT2D eigenvalue weighted by atomic mass is 10.1. The number of amides is 1. The van der Waals surface area contributed by atoms with Crippen molar-refractivity contribution in [3.63, 3.8) is 0 Å². The number of ether oxygens (including phenoxy) is 1. The maximum atomic E-state index is 12.9. The van der Waals surface area contributed by atoms with Crippen LogP contribution in [0.15, 0.2) is 48.8 Å². The molecule has 0 radical (unpaired) electrons. The Labute approximate surface area is 146 Å². The summed E-state index contributed by atoms with van der Waals surface area (Å²) < 4.78 is 5.84. The minimum Gasteiger partial charge on any atom is -0.478 e. The maximum absolute atomic E-state index is 12.9. The highest BCUT2D eigenvalue weighted by Crippen LogP contribution is 2.24. The van der Waals surface area contributed by atoms with Gasteiger partial charge in [0.2, 0.25) is 0 Å². The highest BCUT2D eigenvalue weighted by atomic mass is 35.5. The van der Waals surface area contributed by atoms with Crippen molar-refractivity contribution in [1.29, 1.82) is 0 Å². The lowest BCUT2D eigenvalue weighted by Gasteiger charge is -2.32. The molecule has 1 aromatic carbocycles. The maximum Gasteiger partial charge on any atom is 0.266 e. The van der Waals surface area contributed by atoms with Crippen LogP contribution in [-0.4, -0.2) is 39.7 Å². The number of hydrogen-bond acceptors (Lipinski definition) is 4. The van der Waals surface area contributed by atoms with Crippen LogP contribution in [0.25, 0.3) is 0 Å². The summed E-state index contributed by atoms with van der Waals surface area (Å²) in [6.45, 7) is 3.85. The summed E-state index contributed by atoms with van der Waals surface area (Å²) in [5.41, 5.74) is -0.208. The molecule has 1 aromatic heterocycles. The highest BCUT2D eigenvalue weighted by molar-refractivity contribution is 6.30. The van der Waals surface area contributed by atoms with Crippen molar-refractivity contribution in [2.24, 2.45) is 0 Å². The molecule has 0 aliphatic rings. The van der Waals surface area contributed by atoms with Crippen LogP contribution in [-0.2, 0) is 11.3 Å². The van der Waals surface area contributed by atoms with E-state index in [0.717, 1.165) is 5.56 Å². The van der Waals surface area contributed by atoms with Crippen LogP contribution in [0, 0.1) is 0 Å². The summed E-state index contributed by atoms with van der Waals surface area (Å²) in [7, 11) is 0. The molecule has 0 saturated heterocycles. The predicted molar refractivity (Wildman–Crippen MR) is 92.9 cm³/mol. The molecular formula is C18H21ClN2O3. The largest absolute Gasteiger partial charge is 0.478 e. The van der Waals surface area contributed by atoms with E-state index in [4.69, 9.17) is 16.3 Å². The van der Waals surface area contributed by atoms with E-state index >= 15 is 0 Å². The molecule has 1 amide bonds. The fraction of sp³-hybridized carbons (Fsp3) is 0.333. The lowest BCUT2D eigenvalue weighted by Crippen LogP contribution is -2.49. The van der Waals surface area contributed by atoms with Gasteiger partial charge in [0.15, 0.2) is 5.60 Å². The zero-order chi connectivity index (χ0) is 17.6. The Balaban J connectivity index is 2.14. The van der Waals surface area contributed by atoms with Crippen molar-refractivity contribution in [2.45, 2.75) is 26.0 Å². The van der Waals surface area contributed by atoms with Gasteiger partial charge in [-0.2, -0.15) is 0 Å². The van der Waals surface area contributed by atoms with Gasteiger partial charge in [-0.25, -0.2) is 0 Å². The molecule has 1 heterocycles. The number of aliphatic hydroxyl groups excluding tert-OH is 1. The van der Waals surface area contributed by atoms with Crippen molar-refractivity contribution < 1.29 is 14.6 Å². The van der Waals surface area contributed by atoms with Gasteiger partial charge in [-0.15, -0.1) is 0 Å². The number of carbonyl (C=O) groups excluding carboxylic acids is 1. The number of halogens is 1. The molecule has 0 aliphatic carbocycles. The van der Waals surface area contributed by atoms with E-state index in [1.54, 1.807) is 55.4 Å². The van der Waals surface area contributed by atoms with Gasteiger partial charge in [0, 0.05) is 30.5 Å². The Hall–Kier alpha value is -2.11. The molecular weight excluding hydrogens is 328 g/mol. The van der Waals surface area contributed by atoms with E-state index in [2.05, 4.69) is 4.98 Å². The van der Waals surface area contributed by atoms with Crippen LogP contribution in [0.5, 0.6) is 5.75 Å². The fourth-order valence-corrected chi connectivity index (χ4v) is 2.51. The van der Waals surface area contributed by atoms with E-state index in [0.29, 0.717) is 17.3 Å². The standard InChI is InChI=1S/C18H21ClN2O3/c1-18(2,24-16-7-3-6-15(19)11-16)17(23)21(9-10-22)13-14-5-4-8-20-12-14/h3-8,11-12,22H,9-10,13H2,1-2H3. The summed E-state index contributed by atoms with van der Waals surface area (Å²) in [5, 5.41) is 9.83. The quantitative estimate of drug-likeness (QED) is 0.835. The van der Waals surface area contributed by atoms with Crippen LogP contribution in [0.4, 0.5) is 0 Å². The first-order valence-electron chi connectivity index (χ1n) is 7.66. The molecule has 5 nitrogen and oxygen atoms in total. The number of nitrogens with zero attached hydrogens (tertiary/aromatic N) is 2. The van der Waals surface area contributed by atoms with Gasteiger partial charge in [0.05, 0.1) is 6.61 Å². The molecule has 0 atom stereocenters. The second-order valence-electron chi connectivity index (χ2n) is 5.88. The van der Waals surface area contributed by atoms with E-state index in [9.17, 15) is 9.90 Å². The Bertz CT molecular complexity index is 677. The third-order valence-electron chi connectivity index (χ3n) is 3.44. The number of aliphatic hydroxyl groups is 1. The average Bonchev–Trinajstić information content (AvgIpc) is 2.54. The van der Waals surface area contributed by atoms with Gasteiger partial charge in [0.25, 0.3) is 5.91 Å². The minimum atomic E-state index is -1.10. The summed E-state index contributed by atoms with van der Waals surface area (Å²) in [6.07, 6.45) is 3.37. The lowest BCUT2D eigenvalue weighted by molar-refractivity contribution is -0.146. The predicted octanol–water partition coefficient (Wildman–Crippen LogP) is 2.91. The number of rotatable bonds is 7. The van der Waals surface area contributed by atoms with Crippen LogP contribution in [0.2, 0.25) is 5.02 Å². The van der Waals surface area contributed by atoms with Crippen LogP contribution < -0.4 is 4.74 Å². The van der Waals surface area contributed by atoms with Crippen LogP contribution in [0.3, 0.4) is 0 Å². The number of pyridine rings is 1. The van der Waals surface area contributed by atoms with E-state index < -0.39 is 5.60 Å². The molecule has 0 aliphatic heterocycles. The smallest absolute Gasteiger partial charge is 0.266 e. The van der Waals surface area contributed by atoms with Crippen molar-refractivity contribution in [3.05, 3.63) is 59.4 Å². The van der Waals surface area contributed by atoms with Gasteiger partial charge >= 0.3 is 0 Å². The zero-order valence-corrected chi connectivity index (χ0v) is 14.5. The summed E-state index contributed by atoms with van der Waals surface area (Å²) in [4.78, 5) is 18.5.